The van der Waals surface area contributed by atoms with E-state index in [-0.39, 0.29) is 0 Å². The van der Waals surface area contributed by atoms with Gasteiger partial charge in [-0.25, -0.2) is 0 Å². The van der Waals surface area contributed by atoms with Crippen molar-refractivity contribution in [2.24, 2.45) is 0 Å². The lowest BCUT2D eigenvalue weighted by atomic mass is 10.2. The molecule has 0 spiro atoms. The standard InChI is InChI=1S/C20H46O6S4Si2/c1-7-21-31(22-8-2,23-9-3)19-29-27-17-15-13-14-16-18-28-30-20-32(24-10-4,25-11-5)26-12-6/h7-20H2,1-6H3. The number of hydrogen-bond donors (Lipinski definition) is 0. The Morgan fingerprint density at radius 2 is 0.688 bits per heavy atom. The third-order valence-electron chi connectivity index (χ3n) is 4.03. The summed E-state index contributed by atoms with van der Waals surface area (Å²) in [5, 5.41) is 1.63. The van der Waals surface area contributed by atoms with Gasteiger partial charge in [0.25, 0.3) is 0 Å². The van der Waals surface area contributed by atoms with Gasteiger partial charge in [0.15, 0.2) is 0 Å². The molecule has 32 heavy (non-hydrogen) atoms. The Kier molecular flexibility index (Phi) is 24.2. The summed E-state index contributed by atoms with van der Waals surface area (Å²) in [7, 11) is 2.48. The third kappa shape index (κ3) is 16.3. The Bertz CT molecular complexity index is 346. The molecule has 0 rings (SSSR count). The van der Waals surface area contributed by atoms with Crippen LogP contribution in [0, 0.1) is 0 Å². The summed E-state index contributed by atoms with van der Waals surface area (Å²) in [4.78, 5) is 0. The molecule has 194 valence electrons. The summed E-state index contributed by atoms with van der Waals surface area (Å²) < 4.78 is 35.4. The van der Waals surface area contributed by atoms with Gasteiger partial charge in [0, 0.05) is 51.1 Å². The van der Waals surface area contributed by atoms with Crippen molar-refractivity contribution >= 4 is 60.8 Å². The summed E-state index contributed by atoms with van der Waals surface area (Å²) >= 11 is 0. The summed E-state index contributed by atoms with van der Waals surface area (Å²) in [6.07, 6.45) is 5.05. The van der Waals surface area contributed by atoms with Crippen LogP contribution in [0.25, 0.3) is 0 Å². The summed E-state index contributed by atoms with van der Waals surface area (Å²) in [6.45, 7) is 15.9. The maximum atomic E-state index is 5.90. The van der Waals surface area contributed by atoms with Crippen molar-refractivity contribution in [2.45, 2.75) is 67.2 Å². The number of unbranched alkanes of at least 4 members (excludes halogenated alkanes) is 3. The van der Waals surface area contributed by atoms with E-state index < -0.39 is 17.6 Å². The molecule has 0 aliphatic carbocycles. The first kappa shape index (κ1) is 33.6. The smallest absolute Gasteiger partial charge is 0.373 e. The number of hydrogen-bond acceptors (Lipinski definition) is 10. The van der Waals surface area contributed by atoms with Crippen LogP contribution in [0.15, 0.2) is 0 Å². The normalized spacial score (nSPS) is 12.6. The van der Waals surface area contributed by atoms with Crippen LogP contribution in [-0.4, -0.2) is 79.5 Å². The van der Waals surface area contributed by atoms with E-state index in [2.05, 4.69) is 0 Å². The topological polar surface area (TPSA) is 55.4 Å². The van der Waals surface area contributed by atoms with Crippen LogP contribution < -0.4 is 0 Å². The second-order valence-corrected chi connectivity index (χ2v) is 17.9. The minimum absolute atomic E-state index is 0.639. The molecule has 0 radical (unpaired) electrons. The fourth-order valence-corrected chi connectivity index (χ4v) is 16.2. The van der Waals surface area contributed by atoms with Gasteiger partial charge in [-0.3, -0.25) is 0 Å². The molecule has 12 heteroatoms. The second kappa shape index (κ2) is 23.0. The average molecular weight is 567 g/mol. The van der Waals surface area contributed by atoms with E-state index in [4.69, 9.17) is 26.6 Å². The van der Waals surface area contributed by atoms with Gasteiger partial charge in [0.05, 0.1) is 10.8 Å². The van der Waals surface area contributed by atoms with Gasteiger partial charge in [-0.15, -0.1) is 0 Å². The maximum Gasteiger partial charge on any atom is 0.512 e. The molecule has 0 aliphatic heterocycles. The second-order valence-electron chi connectivity index (χ2n) is 6.55. The highest BCUT2D eigenvalue weighted by Gasteiger charge is 2.41. The first-order valence-electron chi connectivity index (χ1n) is 11.9. The maximum absolute atomic E-state index is 5.90. The van der Waals surface area contributed by atoms with Gasteiger partial charge in [0.2, 0.25) is 0 Å². The lowest BCUT2D eigenvalue weighted by Gasteiger charge is -2.27. The van der Waals surface area contributed by atoms with Crippen molar-refractivity contribution in [3.05, 3.63) is 0 Å². The largest absolute Gasteiger partial charge is 0.512 e. The average Bonchev–Trinajstić information content (AvgIpc) is 2.76. The Hall–Kier alpha value is 1.59. The van der Waals surface area contributed by atoms with E-state index in [1.165, 1.54) is 25.7 Å². The Balaban J connectivity index is 3.85. The molecular formula is C20H46O6S4Si2. The summed E-state index contributed by atoms with van der Waals surface area (Å²) in [5.41, 5.74) is 0. The predicted molar refractivity (Wildman–Crippen MR) is 150 cm³/mol. The fourth-order valence-electron chi connectivity index (χ4n) is 2.84. The van der Waals surface area contributed by atoms with Crippen LogP contribution in [0.1, 0.15) is 67.2 Å². The van der Waals surface area contributed by atoms with Crippen molar-refractivity contribution in [3.8, 4) is 0 Å². The van der Waals surface area contributed by atoms with Crippen LogP contribution in [0.2, 0.25) is 0 Å². The van der Waals surface area contributed by atoms with Crippen LogP contribution in [0.4, 0.5) is 0 Å². The van der Waals surface area contributed by atoms with Gasteiger partial charge in [-0.1, -0.05) is 56.0 Å². The Morgan fingerprint density at radius 1 is 0.406 bits per heavy atom. The summed E-state index contributed by atoms with van der Waals surface area (Å²) in [5.74, 6) is 2.32. The van der Waals surface area contributed by atoms with Crippen LogP contribution >= 0.6 is 43.2 Å². The molecule has 0 heterocycles. The monoisotopic (exact) mass is 566 g/mol. The fraction of sp³-hybridized carbons (Fsp3) is 1.00. The Morgan fingerprint density at radius 3 is 0.938 bits per heavy atom. The molecule has 0 atom stereocenters. The molecule has 0 aromatic carbocycles. The Labute approximate surface area is 215 Å². The zero-order valence-electron chi connectivity index (χ0n) is 21.0. The van der Waals surface area contributed by atoms with Gasteiger partial charge in [-0.2, -0.15) is 0 Å². The molecule has 0 aromatic heterocycles. The van der Waals surface area contributed by atoms with Gasteiger partial charge in [-0.05, 0) is 54.4 Å². The zero-order valence-corrected chi connectivity index (χ0v) is 26.2. The lowest BCUT2D eigenvalue weighted by Crippen LogP contribution is -2.49. The van der Waals surface area contributed by atoms with E-state index in [1.54, 1.807) is 0 Å². The highest BCUT2D eigenvalue weighted by atomic mass is 33.1. The quantitative estimate of drug-likeness (QED) is 0.0696. The van der Waals surface area contributed by atoms with Crippen LogP contribution in [0.3, 0.4) is 0 Å². The SMILES string of the molecule is CCO[Si](CSSCCCCCCSSC[Si](OCC)(OCC)OCC)(OCC)OCC. The lowest BCUT2D eigenvalue weighted by molar-refractivity contribution is 0.0765. The van der Waals surface area contributed by atoms with E-state index >= 15 is 0 Å². The molecular weight excluding hydrogens is 521 g/mol. The van der Waals surface area contributed by atoms with Crippen LogP contribution in [-0.2, 0) is 26.6 Å². The molecule has 0 saturated carbocycles. The molecule has 0 bridgehead atoms. The zero-order chi connectivity index (χ0) is 24.0. The highest BCUT2D eigenvalue weighted by molar-refractivity contribution is 8.77. The molecule has 0 unspecified atom stereocenters. The first-order chi connectivity index (χ1) is 15.6. The molecule has 0 aliphatic rings. The van der Waals surface area contributed by atoms with Crippen molar-refractivity contribution in [1.29, 1.82) is 0 Å². The van der Waals surface area contributed by atoms with Gasteiger partial charge >= 0.3 is 17.6 Å². The van der Waals surface area contributed by atoms with Crippen molar-refractivity contribution in [3.63, 3.8) is 0 Å². The molecule has 0 fully saturated rings. The van der Waals surface area contributed by atoms with Gasteiger partial charge in [0.1, 0.15) is 0 Å². The van der Waals surface area contributed by atoms with Crippen molar-refractivity contribution < 1.29 is 26.6 Å². The van der Waals surface area contributed by atoms with Crippen molar-refractivity contribution in [1.82, 2.24) is 0 Å². The van der Waals surface area contributed by atoms with E-state index in [1.807, 2.05) is 84.7 Å². The van der Waals surface area contributed by atoms with Crippen LogP contribution in [0.5, 0.6) is 0 Å². The first-order valence-corrected chi connectivity index (χ1v) is 20.7. The molecule has 0 N–H and O–H groups in total. The van der Waals surface area contributed by atoms with Crippen molar-refractivity contribution in [2.75, 3.05) is 61.9 Å². The minimum Gasteiger partial charge on any atom is -0.373 e. The molecule has 0 aromatic rings. The molecule has 6 nitrogen and oxygen atoms in total. The van der Waals surface area contributed by atoms with Gasteiger partial charge < -0.3 is 26.6 Å². The highest BCUT2D eigenvalue weighted by Crippen LogP contribution is 2.30. The van der Waals surface area contributed by atoms with E-state index in [0.717, 1.165) is 22.3 Å². The molecule has 0 amide bonds. The predicted octanol–water partition coefficient (Wildman–Crippen LogP) is 6.48. The summed E-state index contributed by atoms with van der Waals surface area (Å²) in [6, 6.07) is 0. The van der Waals surface area contributed by atoms with E-state index in [9.17, 15) is 0 Å². The molecule has 0 saturated heterocycles. The minimum atomic E-state index is -2.51. The van der Waals surface area contributed by atoms with E-state index in [0.29, 0.717) is 39.6 Å². The third-order valence-corrected chi connectivity index (χ3v) is 17.5. The number of rotatable bonds is 25.